The third-order valence-corrected chi connectivity index (χ3v) is 2.98. The van der Waals surface area contributed by atoms with Crippen LogP contribution < -0.4 is 5.32 Å². The van der Waals surface area contributed by atoms with Crippen LogP contribution in [0.1, 0.15) is 32.3 Å². The summed E-state index contributed by atoms with van der Waals surface area (Å²) < 4.78 is 6.14. The Morgan fingerprint density at radius 1 is 1.35 bits per heavy atom. The zero-order chi connectivity index (χ0) is 12.6. The van der Waals surface area contributed by atoms with E-state index in [2.05, 4.69) is 40.5 Å². The summed E-state index contributed by atoms with van der Waals surface area (Å²) in [4.78, 5) is 4.49. The quantitative estimate of drug-likeness (QED) is 0.891. The molecular weight excluding hydrogens is 234 g/mol. The first-order valence-electron chi connectivity index (χ1n) is 5.48. The number of aryl methyl sites for hydroxylation is 2. The normalized spacial score (nSPS) is 11.8. The van der Waals surface area contributed by atoms with Crippen molar-refractivity contribution in [3.8, 4) is 0 Å². The van der Waals surface area contributed by atoms with E-state index in [1.807, 2.05) is 20.2 Å². The van der Waals surface area contributed by atoms with Crippen LogP contribution in [-0.2, 0) is 12.5 Å². The average molecular weight is 251 g/mol. The van der Waals surface area contributed by atoms with E-state index in [0.717, 1.165) is 22.3 Å². The largest absolute Gasteiger partial charge is 0.327 e. The molecule has 0 aromatic carbocycles. The second-order valence-corrected chi connectivity index (χ2v) is 5.85. The summed E-state index contributed by atoms with van der Waals surface area (Å²) in [5, 5.41) is 8.33. The van der Waals surface area contributed by atoms with E-state index in [0.29, 0.717) is 0 Å². The molecule has 0 aliphatic heterocycles. The summed E-state index contributed by atoms with van der Waals surface area (Å²) >= 11 is 1.38. The van der Waals surface area contributed by atoms with Gasteiger partial charge in [0.05, 0.1) is 11.4 Å². The maximum atomic E-state index is 4.49. The van der Waals surface area contributed by atoms with Gasteiger partial charge in [0, 0.05) is 30.2 Å². The van der Waals surface area contributed by atoms with Gasteiger partial charge in [0.2, 0.25) is 5.13 Å². The number of nitrogens with zero attached hydrogens (tertiary/aromatic N) is 4. The van der Waals surface area contributed by atoms with Crippen LogP contribution in [0.5, 0.6) is 0 Å². The fourth-order valence-corrected chi connectivity index (χ4v) is 2.19. The smallest absolute Gasteiger partial charge is 0.207 e. The lowest BCUT2D eigenvalue weighted by molar-refractivity contribution is 0.555. The average Bonchev–Trinajstić information content (AvgIpc) is 2.74. The van der Waals surface area contributed by atoms with Gasteiger partial charge in [-0.15, -0.1) is 0 Å². The van der Waals surface area contributed by atoms with Crippen molar-refractivity contribution in [3.63, 3.8) is 0 Å². The summed E-state index contributed by atoms with van der Waals surface area (Å²) in [7, 11) is 1.90. The zero-order valence-electron chi connectivity index (χ0n) is 10.8. The SMILES string of the molecule is Cc1nn(C)cc1Nc1nc(C(C)(C)C)ns1. The minimum Gasteiger partial charge on any atom is -0.327 e. The zero-order valence-corrected chi connectivity index (χ0v) is 11.6. The van der Waals surface area contributed by atoms with Gasteiger partial charge in [0.1, 0.15) is 5.82 Å². The van der Waals surface area contributed by atoms with Crippen LogP contribution in [0.3, 0.4) is 0 Å². The second kappa shape index (κ2) is 4.10. The molecule has 92 valence electrons. The molecular formula is C11H17N5S. The van der Waals surface area contributed by atoms with Crippen LogP contribution >= 0.6 is 11.5 Å². The maximum absolute atomic E-state index is 4.49. The van der Waals surface area contributed by atoms with E-state index in [9.17, 15) is 0 Å². The Morgan fingerprint density at radius 3 is 2.53 bits per heavy atom. The standard InChI is InChI=1S/C11H17N5S/c1-7-8(6-16(5)14-7)12-10-13-9(15-17-10)11(2,3)4/h6H,1-5H3,(H,12,13,15). The van der Waals surface area contributed by atoms with Crippen LogP contribution in [0.2, 0.25) is 0 Å². The summed E-state index contributed by atoms with van der Waals surface area (Å²) in [6, 6.07) is 0. The molecule has 2 aromatic heterocycles. The van der Waals surface area contributed by atoms with E-state index >= 15 is 0 Å². The molecule has 6 heteroatoms. The molecule has 0 saturated carbocycles. The lowest BCUT2D eigenvalue weighted by Crippen LogP contribution is -2.13. The number of anilines is 2. The molecule has 0 atom stereocenters. The summed E-state index contributed by atoms with van der Waals surface area (Å²) in [5.41, 5.74) is 1.92. The van der Waals surface area contributed by atoms with Crippen LogP contribution in [0.4, 0.5) is 10.8 Å². The number of hydrogen-bond donors (Lipinski definition) is 1. The van der Waals surface area contributed by atoms with Gasteiger partial charge in [-0.3, -0.25) is 4.68 Å². The Hall–Kier alpha value is -1.43. The van der Waals surface area contributed by atoms with E-state index in [-0.39, 0.29) is 5.41 Å². The van der Waals surface area contributed by atoms with Crippen molar-refractivity contribution in [1.82, 2.24) is 19.1 Å². The molecule has 2 aromatic rings. The number of aromatic nitrogens is 4. The van der Waals surface area contributed by atoms with Gasteiger partial charge >= 0.3 is 0 Å². The van der Waals surface area contributed by atoms with Crippen LogP contribution in [0.25, 0.3) is 0 Å². The molecule has 5 nitrogen and oxygen atoms in total. The highest BCUT2D eigenvalue weighted by Gasteiger charge is 2.19. The molecule has 0 unspecified atom stereocenters. The molecule has 0 aliphatic carbocycles. The van der Waals surface area contributed by atoms with Crippen molar-refractivity contribution in [2.45, 2.75) is 33.1 Å². The molecule has 1 N–H and O–H groups in total. The van der Waals surface area contributed by atoms with Crippen LogP contribution in [-0.4, -0.2) is 19.1 Å². The Morgan fingerprint density at radius 2 is 2.06 bits per heavy atom. The molecule has 2 rings (SSSR count). The van der Waals surface area contributed by atoms with E-state index < -0.39 is 0 Å². The van der Waals surface area contributed by atoms with Gasteiger partial charge < -0.3 is 5.32 Å². The van der Waals surface area contributed by atoms with E-state index in [1.54, 1.807) is 4.68 Å². The van der Waals surface area contributed by atoms with Crippen molar-refractivity contribution in [2.75, 3.05) is 5.32 Å². The summed E-state index contributed by atoms with van der Waals surface area (Å²) in [5.74, 6) is 0.867. The minimum atomic E-state index is -0.0135. The van der Waals surface area contributed by atoms with Crippen molar-refractivity contribution in [3.05, 3.63) is 17.7 Å². The van der Waals surface area contributed by atoms with Crippen molar-refractivity contribution >= 4 is 22.4 Å². The Kier molecular flexibility index (Phi) is 2.91. The third-order valence-electron chi connectivity index (χ3n) is 2.35. The Bertz CT molecular complexity index is 520. The van der Waals surface area contributed by atoms with Crippen molar-refractivity contribution in [1.29, 1.82) is 0 Å². The van der Waals surface area contributed by atoms with Gasteiger partial charge in [0.25, 0.3) is 0 Å². The molecule has 0 aliphatic rings. The van der Waals surface area contributed by atoms with Gasteiger partial charge in [-0.25, -0.2) is 4.98 Å². The first kappa shape index (κ1) is 12.0. The van der Waals surface area contributed by atoms with Crippen LogP contribution in [0, 0.1) is 6.92 Å². The highest BCUT2D eigenvalue weighted by atomic mass is 32.1. The topological polar surface area (TPSA) is 55.6 Å². The molecule has 0 fully saturated rings. The summed E-state index contributed by atoms with van der Waals surface area (Å²) in [6.45, 7) is 8.28. The number of hydrogen-bond acceptors (Lipinski definition) is 5. The highest BCUT2D eigenvalue weighted by molar-refractivity contribution is 7.09. The summed E-state index contributed by atoms with van der Waals surface area (Å²) in [6.07, 6.45) is 1.94. The van der Waals surface area contributed by atoms with E-state index in [1.165, 1.54) is 11.5 Å². The first-order valence-corrected chi connectivity index (χ1v) is 6.25. The number of rotatable bonds is 2. The maximum Gasteiger partial charge on any atom is 0.207 e. The molecule has 0 saturated heterocycles. The molecule has 17 heavy (non-hydrogen) atoms. The predicted octanol–water partition coefficient (Wildman–Crippen LogP) is 2.62. The van der Waals surface area contributed by atoms with Gasteiger partial charge in [-0.2, -0.15) is 9.47 Å². The Labute approximate surface area is 105 Å². The van der Waals surface area contributed by atoms with Crippen molar-refractivity contribution in [2.24, 2.45) is 7.05 Å². The molecule has 0 bridgehead atoms. The van der Waals surface area contributed by atoms with Crippen molar-refractivity contribution < 1.29 is 0 Å². The monoisotopic (exact) mass is 251 g/mol. The fourth-order valence-electron chi connectivity index (χ4n) is 1.42. The fraction of sp³-hybridized carbons (Fsp3) is 0.545. The van der Waals surface area contributed by atoms with Gasteiger partial charge in [0.15, 0.2) is 0 Å². The lowest BCUT2D eigenvalue weighted by Gasteiger charge is -2.12. The molecule has 0 radical (unpaired) electrons. The number of nitrogens with one attached hydrogen (secondary N) is 1. The Balaban J connectivity index is 2.20. The molecule has 0 amide bonds. The molecule has 2 heterocycles. The van der Waals surface area contributed by atoms with Gasteiger partial charge in [-0.1, -0.05) is 20.8 Å². The predicted molar refractivity (Wildman–Crippen MR) is 69.8 cm³/mol. The van der Waals surface area contributed by atoms with Crippen LogP contribution in [0.15, 0.2) is 6.20 Å². The highest BCUT2D eigenvalue weighted by Crippen LogP contribution is 2.25. The minimum absolute atomic E-state index is 0.0135. The first-order chi connectivity index (χ1) is 7.86. The van der Waals surface area contributed by atoms with E-state index in [4.69, 9.17) is 0 Å². The second-order valence-electron chi connectivity index (χ2n) is 5.10. The third kappa shape index (κ3) is 2.63. The van der Waals surface area contributed by atoms with Gasteiger partial charge in [-0.05, 0) is 6.92 Å². The molecule has 0 spiro atoms. The lowest BCUT2D eigenvalue weighted by atomic mass is 9.96.